The van der Waals surface area contributed by atoms with Crippen LogP contribution in [0.2, 0.25) is 0 Å². The van der Waals surface area contributed by atoms with Gasteiger partial charge in [0.25, 0.3) is 0 Å². The fourth-order valence-corrected chi connectivity index (χ4v) is 2.59. The van der Waals surface area contributed by atoms with Gasteiger partial charge in [-0.25, -0.2) is 0 Å². The molecule has 1 aliphatic rings. The average molecular weight is 145 g/mol. The summed E-state index contributed by atoms with van der Waals surface area (Å²) in [5, 5.41) is 1.66. The van der Waals surface area contributed by atoms with E-state index in [1.807, 2.05) is 0 Å². The van der Waals surface area contributed by atoms with Crippen LogP contribution < -0.4 is 5.73 Å². The van der Waals surface area contributed by atoms with Crippen LogP contribution in [0.5, 0.6) is 0 Å². The lowest BCUT2D eigenvalue weighted by atomic mass is 9.94. The predicted molar refractivity (Wildman–Crippen MR) is 43.7 cm³/mol. The van der Waals surface area contributed by atoms with E-state index in [-0.39, 0.29) is 0 Å². The van der Waals surface area contributed by atoms with Crippen molar-refractivity contribution in [2.45, 2.75) is 43.2 Å². The lowest BCUT2D eigenvalue weighted by molar-refractivity contribution is 0.432. The number of nitrogens with two attached hydrogens (primary N) is 1. The third kappa shape index (κ3) is 2.18. The van der Waals surface area contributed by atoms with Gasteiger partial charge >= 0.3 is 0 Å². The first kappa shape index (κ1) is 7.42. The zero-order valence-corrected chi connectivity index (χ0v) is 6.95. The molecule has 0 unspecified atom stereocenters. The van der Waals surface area contributed by atoms with Crippen molar-refractivity contribution >= 4 is 11.8 Å². The lowest BCUT2D eigenvalue weighted by Gasteiger charge is -2.32. The average Bonchev–Trinajstić information content (AvgIpc) is 1.60. The molecule has 1 fully saturated rings. The van der Waals surface area contributed by atoms with Crippen LogP contribution in [0.3, 0.4) is 0 Å². The van der Waals surface area contributed by atoms with Crippen molar-refractivity contribution in [3.63, 3.8) is 0 Å². The van der Waals surface area contributed by atoms with Crippen LogP contribution in [-0.2, 0) is 0 Å². The second-order valence-electron chi connectivity index (χ2n) is 3.04. The summed E-state index contributed by atoms with van der Waals surface area (Å²) in [6.07, 6.45) is 2.48. The van der Waals surface area contributed by atoms with Crippen molar-refractivity contribution in [2.24, 2.45) is 5.73 Å². The van der Waals surface area contributed by atoms with Gasteiger partial charge in [-0.05, 0) is 18.1 Å². The first-order valence-corrected chi connectivity index (χ1v) is 4.54. The minimum atomic E-state index is 0.515. The lowest BCUT2D eigenvalue weighted by Crippen LogP contribution is -2.38. The standard InChI is InChI=1S/C7H15NS/c1-5(2)9-7-3-6(8)4-7/h5-7H,3-4,8H2,1-2H3. The summed E-state index contributed by atoms with van der Waals surface area (Å²) in [5.74, 6) is 0. The molecule has 1 aliphatic carbocycles. The molecule has 0 aromatic carbocycles. The molecule has 0 bridgehead atoms. The van der Waals surface area contributed by atoms with Crippen molar-refractivity contribution in [3.05, 3.63) is 0 Å². The highest BCUT2D eigenvalue weighted by atomic mass is 32.2. The highest BCUT2D eigenvalue weighted by Gasteiger charge is 2.26. The Balaban J connectivity index is 2.04. The summed E-state index contributed by atoms with van der Waals surface area (Å²) in [4.78, 5) is 0. The molecule has 0 aliphatic heterocycles. The van der Waals surface area contributed by atoms with Gasteiger partial charge in [0, 0.05) is 11.3 Å². The van der Waals surface area contributed by atoms with Gasteiger partial charge in [0.15, 0.2) is 0 Å². The van der Waals surface area contributed by atoms with E-state index in [1.54, 1.807) is 0 Å². The maximum Gasteiger partial charge on any atom is 0.00790 e. The highest BCUT2D eigenvalue weighted by molar-refractivity contribution is 8.00. The van der Waals surface area contributed by atoms with Crippen molar-refractivity contribution < 1.29 is 0 Å². The SMILES string of the molecule is CC(C)SC1CC(N)C1. The van der Waals surface area contributed by atoms with Crippen LogP contribution in [0, 0.1) is 0 Å². The van der Waals surface area contributed by atoms with E-state index >= 15 is 0 Å². The smallest absolute Gasteiger partial charge is 0.00790 e. The molecule has 54 valence electrons. The van der Waals surface area contributed by atoms with Gasteiger partial charge in [0.2, 0.25) is 0 Å². The molecule has 0 heterocycles. The van der Waals surface area contributed by atoms with E-state index in [9.17, 15) is 0 Å². The molecule has 0 spiro atoms. The molecule has 1 nitrogen and oxygen atoms in total. The second-order valence-corrected chi connectivity index (χ2v) is 4.92. The predicted octanol–water partition coefficient (Wildman–Crippen LogP) is 1.62. The third-order valence-electron chi connectivity index (χ3n) is 1.60. The molecule has 0 aromatic rings. The Morgan fingerprint density at radius 2 is 2.00 bits per heavy atom. The van der Waals surface area contributed by atoms with Gasteiger partial charge in [0.05, 0.1) is 0 Å². The summed E-state index contributed by atoms with van der Waals surface area (Å²) in [6, 6.07) is 0.515. The number of hydrogen-bond donors (Lipinski definition) is 1. The Hall–Kier alpha value is 0.310. The Morgan fingerprint density at radius 1 is 1.44 bits per heavy atom. The van der Waals surface area contributed by atoms with Crippen molar-refractivity contribution in [2.75, 3.05) is 0 Å². The number of hydrogen-bond acceptors (Lipinski definition) is 2. The Labute approximate surface area is 61.4 Å². The van der Waals surface area contributed by atoms with Gasteiger partial charge in [0.1, 0.15) is 0 Å². The van der Waals surface area contributed by atoms with E-state index in [0.717, 1.165) is 10.5 Å². The highest BCUT2D eigenvalue weighted by Crippen LogP contribution is 2.32. The normalized spacial score (nSPS) is 34.7. The van der Waals surface area contributed by atoms with Crippen LogP contribution in [0.1, 0.15) is 26.7 Å². The fraction of sp³-hybridized carbons (Fsp3) is 1.00. The molecule has 9 heavy (non-hydrogen) atoms. The molecule has 0 radical (unpaired) electrons. The monoisotopic (exact) mass is 145 g/mol. The van der Waals surface area contributed by atoms with Gasteiger partial charge in [-0.15, -0.1) is 0 Å². The topological polar surface area (TPSA) is 26.0 Å². The van der Waals surface area contributed by atoms with E-state index in [4.69, 9.17) is 5.73 Å². The largest absolute Gasteiger partial charge is 0.328 e. The van der Waals surface area contributed by atoms with Crippen LogP contribution in [0.4, 0.5) is 0 Å². The van der Waals surface area contributed by atoms with E-state index in [0.29, 0.717) is 6.04 Å². The van der Waals surface area contributed by atoms with Gasteiger partial charge in [-0.2, -0.15) is 11.8 Å². The molecule has 0 aromatic heterocycles. The maximum atomic E-state index is 5.63. The number of thioether (sulfide) groups is 1. The van der Waals surface area contributed by atoms with Crippen molar-refractivity contribution in [1.29, 1.82) is 0 Å². The second kappa shape index (κ2) is 2.93. The van der Waals surface area contributed by atoms with E-state index in [2.05, 4.69) is 25.6 Å². The molecular weight excluding hydrogens is 130 g/mol. The van der Waals surface area contributed by atoms with E-state index < -0.39 is 0 Å². The molecule has 0 saturated heterocycles. The van der Waals surface area contributed by atoms with Crippen molar-refractivity contribution in [1.82, 2.24) is 0 Å². The quantitative estimate of drug-likeness (QED) is 0.639. The van der Waals surface area contributed by atoms with Gasteiger partial charge in [-0.3, -0.25) is 0 Å². The number of rotatable bonds is 2. The van der Waals surface area contributed by atoms with E-state index in [1.165, 1.54) is 12.8 Å². The summed E-state index contributed by atoms with van der Waals surface area (Å²) in [5.41, 5.74) is 5.63. The first-order chi connectivity index (χ1) is 4.18. The molecule has 0 atom stereocenters. The van der Waals surface area contributed by atoms with Gasteiger partial charge < -0.3 is 5.73 Å². The molecule has 1 rings (SSSR count). The Bertz CT molecular complexity index is 86.9. The summed E-state index contributed by atoms with van der Waals surface area (Å²) < 4.78 is 0. The Morgan fingerprint density at radius 3 is 2.33 bits per heavy atom. The van der Waals surface area contributed by atoms with Crippen molar-refractivity contribution in [3.8, 4) is 0 Å². The zero-order chi connectivity index (χ0) is 6.85. The summed E-state index contributed by atoms with van der Waals surface area (Å²) in [7, 11) is 0. The first-order valence-electron chi connectivity index (χ1n) is 3.59. The zero-order valence-electron chi connectivity index (χ0n) is 6.13. The Kier molecular flexibility index (Phi) is 2.42. The van der Waals surface area contributed by atoms with Gasteiger partial charge in [-0.1, -0.05) is 13.8 Å². The minimum absolute atomic E-state index is 0.515. The van der Waals surface area contributed by atoms with Crippen LogP contribution >= 0.6 is 11.8 Å². The molecule has 2 N–H and O–H groups in total. The van der Waals surface area contributed by atoms with Crippen LogP contribution in [-0.4, -0.2) is 16.5 Å². The summed E-state index contributed by atoms with van der Waals surface area (Å²) >= 11 is 2.06. The molecular formula is C7H15NS. The third-order valence-corrected chi connectivity index (χ3v) is 2.91. The maximum absolute atomic E-state index is 5.63. The molecule has 0 amide bonds. The minimum Gasteiger partial charge on any atom is -0.328 e. The molecule has 1 saturated carbocycles. The van der Waals surface area contributed by atoms with Crippen LogP contribution in [0.25, 0.3) is 0 Å². The fourth-order valence-electron chi connectivity index (χ4n) is 1.10. The molecule has 2 heteroatoms. The summed E-state index contributed by atoms with van der Waals surface area (Å²) in [6.45, 7) is 4.49. The van der Waals surface area contributed by atoms with Crippen LogP contribution in [0.15, 0.2) is 0 Å².